The van der Waals surface area contributed by atoms with Crippen LogP contribution in [0.4, 0.5) is 5.95 Å². The van der Waals surface area contributed by atoms with E-state index in [1.165, 1.54) is 17.5 Å². The molecule has 0 bridgehead atoms. The van der Waals surface area contributed by atoms with Crippen LogP contribution in [0.2, 0.25) is 0 Å². The maximum absolute atomic E-state index is 12.5. The average Bonchev–Trinajstić information content (AvgIpc) is 3.42. The molecule has 2 fully saturated rings. The lowest BCUT2D eigenvalue weighted by atomic mass is 9.94. The van der Waals surface area contributed by atoms with E-state index in [4.69, 9.17) is 4.98 Å². The number of carbonyl (C=O) groups is 1. The van der Waals surface area contributed by atoms with E-state index in [0.29, 0.717) is 0 Å². The summed E-state index contributed by atoms with van der Waals surface area (Å²) in [5, 5.41) is 4.56. The first-order chi connectivity index (χ1) is 13.7. The van der Waals surface area contributed by atoms with Crippen LogP contribution in [0.3, 0.4) is 0 Å². The number of nitrogens with zero attached hydrogens (tertiary/aromatic N) is 6. The molecule has 1 amide bonds. The van der Waals surface area contributed by atoms with E-state index < -0.39 is 0 Å². The normalized spacial score (nSPS) is 18.3. The first kappa shape index (κ1) is 17.3. The van der Waals surface area contributed by atoms with Gasteiger partial charge in [-0.05, 0) is 44.1 Å². The Morgan fingerprint density at radius 1 is 1.04 bits per heavy atom. The molecule has 0 N–H and O–H groups in total. The van der Waals surface area contributed by atoms with Gasteiger partial charge in [0.15, 0.2) is 0 Å². The maximum atomic E-state index is 12.5. The highest BCUT2D eigenvalue weighted by Gasteiger charge is 2.25. The average molecular weight is 380 g/mol. The van der Waals surface area contributed by atoms with Gasteiger partial charge in [0.25, 0.3) is 5.56 Å². The molecule has 0 saturated carbocycles. The van der Waals surface area contributed by atoms with Gasteiger partial charge in [-0.25, -0.2) is 14.6 Å². The molecule has 146 valence electrons. The van der Waals surface area contributed by atoms with Crippen LogP contribution >= 0.6 is 0 Å². The van der Waals surface area contributed by atoms with E-state index in [-0.39, 0.29) is 18.0 Å². The fourth-order valence-corrected chi connectivity index (χ4v) is 4.37. The molecule has 2 aliphatic heterocycles. The van der Waals surface area contributed by atoms with E-state index in [1.807, 2.05) is 11.1 Å². The van der Waals surface area contributed by atoms with Crippen LogP contribution in [0.5, 0.6) is 0 Å². The minimum Gasteiger partial charge on any atom is -0.341 e. The van der Waals surface area contributed by atoms with Crippen molar-refractivity contribution in [2.45, 2.75) is 45.1 Å². The van der Waals surface area contributed by atoms with Crippen LogP contribution in [0, 0.1) is 0 Å². The molecule has 1 aliphatic carbocycles. The summed E-state index contributed by atoms with van der Waals surface area (Å²) in [5.74, 6) is 0.751. The molecule has 8 heteroatoms. The number of aryl methyl sites for hydroxylation is 2. The van der Waals surface area contributed by atoms with Crippen LogP contribution in [0.25, 0.3) is 11.3 Å². The van der Waals surface area contributed by atoms with Gasteiger partial charge >= 0.3 is 0 Å². The largest absolute Gasteiger partial charge is 0.341 e. The van der Waals surface area contributed by atoms with Crippen LogP contribution < -0.4 is 10.5 Å². The van der Waals surface area contributed by atoms with E-state index >= 15 is 0 Å². The minimum atomic E-state index is -0.218. The molecule has 8 nitrogen and oxygen atoms in total. The number of hydrogen-bond acceptors (Lipinski definition) is 6. The van der Waals surface area contributed by atoms with E-state index in [0.717, 1.165) is 80.3 Å². The molecule has 28 heavy (non-hydrogen) atoms. The van der Waals surface area contributed by atoms with Crippen molar-refractivity contribution in [1.82, 2.24) is 24.6 Å². The quantitative estimate of drug-likeness (QED) is 0.791. The molecule has 0 spiro atoms. The second kappa shape index (κ2) is 7.00. The molecule has 2 saturated heterocycles. The van der Waals surface area contributed by atoms with E-state index in [2.05, 4.69) is 15.0 Å². The monoisotopic (exact) mass is 380 g/mol. The van der Waals surface area contributed by atoms with Gasteiger partial charge in [0.05, 0.1) is 11.4 Å². The van der Waals surface area contributed by atoms with Crippen molar-refractivity contribution >= 4 is 11.9 Å². The smallest absolute Gasteiger partial charge is 0.267 e. The fourth-order valence-electron chi connectivity index (χ4n) is 4.37. The van der Waals surface area contributed by atoms with Crippen molar-refractivity contribution in [1.29, 1.82) is 0 Å². The van der Waals surface area contributed by atoms with Crippen LogP contribution in [0.15, 0.2) is 17.1 Å². The zero-order valence-electron chi connectivity index (χ0n) is 15.9. The summed E-state index contributed by atoms with van der Waals surface area (Å²) < 4.78 is 1.29. The van der Waals surface area contributed by atoms with Gasteiger partial charge in [-0.1, -0.05) is 0 Å². The van der Waals surface area contributed by atoms with Crippen molar-refractivity contribution < 1.29 is 4.79 Å². The molecule has 0 aromatic carbocycles. The lowest BCUT2D eigenvalue weighted by Gasteiger charge is -2.22. The predicted octanol–water partition coefficient (Wildman–Crippen LogP) is 1.02. The van der Waals surface area contributed by atoms with Crippen LogP contribution in [-0.4, -0.2) is 56.7 Å². The highest BCUT2D eigenvalue weighted by atomic mass is 16.2. The molecule has 0 radical (unpaired) electrons. The van der Waals surface area contributed by atoms with Crippen molar-refractivity contribution in [3.63, 3.8) is 0 Å². The molecule has 4 heterocycles. The Morgan fingerprint density at radius 3 is 2.57 bits per heavy atom. The molecular formula is C20H24N6O2. The zero-order valence-corrected chi connectivity index (χ0v) is 15.9. The lowest BCUT2D eigenvalue weighted by molar-refractivity contribution is -0.131. The van der Waals surface area contributed by atoms with Gasteiger partial charge in [-0.2, -0.15) is 5.10 Å². The van der Waals surface area contributed by atoms with Crippen LogP contribution in [0.1, 0.15) is 36.9 Å². The van der Waals surface area contributed by atoms with Gasteiger partial charge in [0, 0.05) is 44.0 Å². The van der Waals surface area contributed by atoms with Gasteiger partial charge in [0.2, 0.25) is 11.9 Å². The minimum absolute atomic E-state index is 0.00579. The topological polar surface area (TPSA) is 84.2 Å². The van der Waals surface area contributed by atoms with Gasteiger partial charge < -0.3 is 9.80 Å². The Balaban J connectivity index is 1.46. The Labute approximate surface area is 163 Å². The maximum Gasteiger partial charge on any atom is 0.267 e. The summed E-state index contributed by atoms with van der Waals surface area (Å²) >= 11 is 0. The third kappa shape index (κ3) is 3.06. The second-order valence-corrected chi connectivity index (χ2v) is 7.83. The molecule has 2 aromatic rings. The summed E-state index contributed by atoms with van der Waals surface area (Å²) in [5.41, 5.74) is 3.30. The van der Waals surface area contributed by atoms with Gasteiger partial charge in [-0.3, -0.25) is 9.59 Å². The highest BCUT2D eigenvalue weighted by Crippen LogP contribution is 2.30. The number of fused-ring (bicyclic) bond motifs is 3. The summed E-state index contributed by atoms with van der Waals surface area (Å²) in [6.45, 7) is 3.55. The summed E-state index contributed by atoms with van der Waals surface area (Å²) in [4.78, 5) is 38.3. The first-order valence-corrected chi connectivity index (χ1v) is 10.2. The number of anilines is 1. The second-order valence-electron chi connectivity index (χ2n) is 7.83. The predicted molar refractivity (Wildman–Crippen MR) is 104 cm³/mol. The fraction of sp³-hybridized carbons (Fsp3) is 0.550. The molecule has 0 atom stereocenters. The molecular weight excluding hydrogens is 356 g/mol. The van der Waals surface area contributed by atoms with E-state index in [1.54, 1.807) is 6.07 Å². The SMILES string of the molecule is O=C(Cn1nc2c(cc1=O)CCc1nc(N3CCCC3)ncc1-2)N1CCCC1. The van der Waals surface area contributed by atoms with Crippen molar-refractivity contribution in [3.05, 3.63) is 33.9 Å². The number of likely N-dealkylation sites (tertiary alicyclic amines) is 1. The number of rotatable bonds is 3. The highest BCUT2D eigenvalue weighted by molar-refractivity contribution is 5.76. The standard InChI is InChI=1S/C20H24N6O2/c27-17-11-14-5-6-16-15(12-21-20(22-16)25-9-3-4-10-25)19(14)23-26(17)13-18(28)24-7-1-2-8-24/h11-12H,1-10,13H2. The molecule has 2 aromatic heterocycles. The lowest BCUT2D eigenvalue weighted by Crippen LogP contribution is -2.36. The van der Waals surface area contributed by atoms with Gasteiger partial charge in [0.1, 0.15) is 6.54 Å². The summed E-state index contributed by atoms with van der Waals surface area (Å²) in [6, 6.07) is 1.62. The Morgan fingerprint density at radius 2 is 1.79 bits per heavy atom. The first-order valence-electron chi connectivity index (χ1n) is 10.2. The third-order valence-corrected chi connectivity index (χ3v) is 5.95. The Hall–Kier alpha value is -2.77. The third-order valence-electron chi connectivity index (χ3n) is 5.95. The van der Waals surface area contributed by atoms with Crippen LogP contribution in [-0.2, 0) is 24.2 Å². The molecule has 0 unspecified atom stereocenters. The van der Waals surface area contributed by atoms with Crippen molar-refractivity contribution in [3.8, 4) is 11.3 Å². The number of aromatic nitrogens is 4. The summed E-state index contributed by atoms with van der Waals surface area (Å²) in [6.07, 6.45) is 7.78. The van der Waals surface area contributed by atoms with E-state index in [9.17, 15) is 9.59 Å². The molecule has 3 aliphatic rings. The molecule has 5 rings (SSSR count). The van der Waals surface area contributed by atoms with Gasteiger partial charge in [-0.15, -0.1) is 0 Å². The Kier molecular flexibility index (Phi) is 4.33. The number of hydrogen-bond donors (Lipinski definition) is 0. The number of carbonyl (C=O) groups excluding carboxylic acids is 1. The van der Waals surface area contributed by atoms with Crippen molar-refractivity contribution in [2.24, 2.45) is 0 Å². The van der Waals surface area contributed by atoms with Crippen molar-refractivity contribution in [2.75, 3.05) is 31.1 Å². The summed E-state index contributed by atoms with van der Waals surface area (Å²) in [7, 11) is 0. The number of amides is 1. The Bertz CT molecular complexity index is 973. The zero-order chi connectivity index (χ0) is 19.1.